The molecule has 7 nitrogen and oxygen atoms in total. The molecule has 0 saturated carbocycles. The molecular formula is C15H20FN3O4S. The number of sulfone groups is 1. The SMILES string of the molecule is CN(CC(=O)Nc1cccc(F)c1)CC(=O)N[C@@H]1CCS(=O)(=O)C1. The lowest BCUT2D eigenvalue weighted by Gasteiger charge is -2.17. The van der Waals surface area contributed by atoms with Crippen LogP contribution < -0.4 is 10.6 Å². The highest BCUT2D eigenvalue weighted by Crippen LogP contribution is 2.11. The summed E-state index contributed by atoms with van der Waals surface area (Å²) in [5.41, 5.74) is 0.342. The summed E-state index contributed by atoms with van der Waals surface area (Å²) in [6.45, 7) is -0.0833. The van der Waals surface area contributed by atoms with Crippen molar-refractivity contribution in [3.63, 3.8) is 0 Å². The molecule has 0 aliphatic carbocycles. The Morgan fingerprint density at radius 3 is 2.62 bits per heavy atom. The number of benzene rings is 1. The molecule has 1 atom stereocenters. The van der Waals surface area contributed by atoms with Crippen LogP contribution in [0.15, 0.2) is 24.3 Å². The number of anilines is 1. The lowest BCUT2D eigenvalue weighted by Crippen LogP contribution is -2.43. The molecule has 1 fully saturated rings. The molecule has 0 aromatic heterocycles. The Morgan fingerprint density at radius 1 is 1.29 bits per heavy atom. The minimum atomic E-state index is -3.05. The van der Waals surface area contributed by atoms with E-state index >= 15 is 0 Å². The second-order valence-corrected chi connectivity index (χ2v) is 8.13. The monoisotopic (exact) mass is 357 g/mol. The lowest BCUT2D eigenvalue weighted by atomic mass is 10.2. The first kappa shape index (κ1) is 18.3. The van der Waals surface area contributed by atoms with Gasteiger partial charge in [-0.05, 0) is 31.7 Å². The molecule has 0 bridgehead atoms. The molecule has 0 spiro atoms. The van der Waals surface area contributed by atoms with Gasteiger partial charge in [-0.3, -0.25) is 14.5 Å². The number of nitrogens with zero attached hydrogens (tertiary/aromatic N) is 1. The predicted molar refractivity (Wildman–Crippen MR) is 87.7 cm³/mol. The summed E-state index contributed by atoms with van der Waals surface area (Å²) in [6, 6.07) is 5.16. The van der Waals surface area contributed by atoms with Crippen molar-refractivity contribution in [1.82, 2.24) is 10.2 Å². The molecule has 24 heavy (non-hydrogen) atoms. The molecule has 2 N–H and O–H groups in total. The lowest BCUT2D eigenvalue weighted by molar-refractivity contribution is -0.123. The Morgan fingerprint density at radius 2 is 2.00 bits per heavy atom. The average molecular weight is 357 g/mol. The van der Waals surface area contributed by atoms with Gasteiger partial charge in [0.25, 0.3) is 0 Å². The van der Waals surface area contributed by atoms with E-state index in [-0.39, 0.29) is 42.5 Å². The average Bonchev–Trinajstić information content (AvgIpc) is 2.76. The number of rotatable bonds is 6. The molecule has 1 aromatic rings. The van der Waals surface area contributed by atoms with Crippen molar-refractivity contribution in [3.8, 4) is 0 Å². The largest absolute Gasteiger partial charge is 0.351 e. The molecule has 1 saturated heterocycles. The molecule has 2 rings (SSSR count). The summed E-state index contributed by atoms with van der Waals surface area (Å²) in [7, 11) is -1.46. The van der Waals surface area contributed by atoms with E-state index in [2.05, 4.69) is 10.6 Å². The van der Waals surface area contributed by atoms with Gasteiger partial charge in [0.15, 0.2) is 9.84 Å². The van der Waals surface area contributed by atoms with E-state index < -0.39 is 15.7 Å². The summed E-state index contributed by atoms with van der Waals surface area (Å²) in [5, 5.41) is 5.19. The van der Waals surface area contributed by atoms with Crippen molar-refractivity contribution >= 4 is 27.3 Å². The van der Waals surface area contributed by atoms with Crippen molar-refractivity contribution in [2.24, 2.45) is 0 Å². The van der Waals surface area contributed by atoms with Crippen LogP contribution in [0, 0.1) is 5.82 Å². The maximum atomic E-state index is 13.0. The fourth-order valence-electron chi connectivity index (χ4n) is 2.50. The van der Waals surface area contributed by atoms with Crippen molar-refractivity contribution in [2.45, 2.75) is 12.5 Å². The van der Waals surface area contributed by atoms with E-state index in [9.17, 15) is 22.4 Å². The van der Waals surface area contributed by atoms with E-state index in [1.807, 2.05) is 0 Å². The molecule has 9 heteroatoms. The van der Waals surface area contributed by atoms with Crippen LogP contribution in [0.25, 0.3) is 0 Å². The molecule has 1 aromatic carbocycles. The van der Waals surface area contributed by atoms with Crippen molar-refractivity contribution < 1.29 is 22.4 Å². The zero-order valence-electron chi connectivity index (χ0n) is 13.3. The van der Waals surface area contributed by atoms with Gasteiger partial charge in [0.1, 0.15) is 5.82 Å². The van der Waals surface area contributed by atoms with E-state index in [4.69, 9.17) is 0 Å². The summed E-state index contributed by atoms with van der Waals surface area (Å²) in [5.74, 6) is -1.11. The standard InChI is InChI=1S/C15H20FN3O4S/c1-19(8-14(20)17-12-4-2-3-11(16)7-12)9-15(21)18-13-5-6-24(22,23)10-13/h2-4,7,13H,5-6,8-10H2,1H3,(H,17,20)(H,18,21)/t13-/m1/s1. The van der Waals surface area contributed by atoms with E-state index in [0.717, 1.165) is 0 Å². The van der Waals surface area contributed by atoms with Gasteiger partial charge in [-0.1, -0.05) is 6.07 Å². The summed E-state index contributed by atoms with van der Waals surface area (Å²) < 4.78 is 35.7. The van der Waals surface area contributed by atoms with Gasteiger partial charge in [0.05, 0.1) is 24.6 Å². The fraction of sp³-hybridized carbons (Fsp3) is 0.467. The molecular weight excluding hydrogens is 337 g/mol. The first-order valence-electron chi connectivity index (χ1n) is 7.47. The highest BCUT2D eigenvalue weighted by Gasteiger charge is 2.29. The van der Waals surface area contributed by atoms with Gasteiger partial charge < -0.3 is 10.6 Å². The number of nitrogens with one attached hydrogen (secondary N) is 2. The second-order valence-electron chi connectivity index (χ2n) is 5.90. The highest BCUT2D eigenvalue weighted by atomic mass is 32.2. The molecule has 0 radical (unpaired) electrons. The number of likely N-dealkylation sites (N-methyl/N-ethyl adjacent to an activating group) is 1. The van der Waals surface area contributed by atoms with Gasteiger partial charge in [0, 0.05) is 11.7 Å². The van der Waals surface area contributed by atoms with Crippen LogP contribution >= 0.6 is 0 Å². The summed E-state index contributed by atoms with van der Waals surface area (Å²) in [4.78, 5) is 25.2. The molecule has 1 aliphatic heterocycles. The van der Waals surface area contributed by atoms with Crippen LogP contribution in [0.5, 0.6) is 0 Å². The van der Waals surface area contributed by atoms with Gasteiger partial charge in [-0.15, -0.1) is 0 Å². The Bertz CT molecular complexity index is 723. The molecule has 2 amide bonds. The molecule has 1 heterocycles. The maximum absolute atomic E-state index is 13.0. The van der Waals surface area contributed by atoms with Crippen LogP contribution in [0.4, 0.5) is 10.1 Å². The van der Waals surface area contributed by atoms with Crippen LogP contribution in [-0.2, 0) is 19.4 Å². The van der Waals surface area contributed by atoms with Crippen molar-refractivity contribution in [2.75, 3.05) is 37.0 Å². The third-order valence-electron chi connectivity index (χ3n) is 3.53. The van der Waals surface area contributed by atoms with Gasteiger partial charge in [0.2, 0.25) is 11.8 Å². The third kappa shape index (κ3) is 5.89. The topological polar surface area (TPSA) is 95.6 Å². The molecule has 132 valence electrons. The number of carbonyl (C=O) groups is 2. The zero-order chi connectivity index (χ0) is 17.7. The van der Waals surface area contributed by atoms with Crippen LogP contribution in [0.2, 0.25) is 0 Å². The Kier molecular flexibility index (Phi) is 5.89. The minimum absolute atomic E-state index is 0.0346. The van der Waals surface area contributed by atoms with Crippen LogP contribution in [-0.4, -0.2) is 62.8 Å². The Balaban J connectivity index is 1.75. The summed E-state index contributed by atoms with van der Waals surface area (Å²) in [6.07, 6.45) is 0.415. The summed E-state index contributed by atoms with van der Waals surface area (Å²) >= 11 is 0. The Hall–Kier alpha value is -2.00. The number of carbonyl (C=O) groups excluding carboxylic acids is 2. The van der Waals surface area contributed by atoms with E-state index in [0.29, 0.717) is 12.1 Å². The first-order valence-corrected chi connectivity index (χ1v) is 9.29. The fourth-order valence-corrected chi connectivity index (χ4v) is 4.17. The third-order valence-corrected chi connectivity index (χ3v) is 5.30. The van der Waals surface area contributed by atoms with E-state index in [1.165, 1.54) is 23.1 Å². The van der Waals surface area contributed by atoms with Crippen LogP contribution in [0.3, 0.4) is 0 Å². The van der Waals surface area contributed by atoms with Gasteiger partial charge >= 0.3 is 0 Å². The number of halogens is 1. The zero-order valence-corrected chi connectivity index (χ0v) is 14.1. The van der Waals surface area contributed by atoms with Crippen LogP contribution in [0.1, 0.15) is 6.42 Å². The van der Waals surface area contributed by atoms with Crippen molar-refractivity contribution in [3.05, 3.63) is 30.1 Å². The second kappa shape index (κ2) is 7.71. The quantitative estimate of drug-likeness (QED) is 0.747. The smallest absolute Gasteiger partial charge is 0.238 e. The van der Waals surface area contributed by atoms with Crippen molar-refractivity contribution in [1.29, 1.82) is 0 Å². The molecule has 1 aliphatic rings. The van der Waals surface area contributed by atoms with E-state index in [1.54, 1.807) is 13.1 Å². The Labute approximate surface area is 140 Å². The normalized spacial score (nSPS) is 19.2. The molecule has 0 unspecified atom stereocenters. The van der Waals surface area contributed by atoms with Gasteiger partial charge in [-0.25, -0.2) is 12.8 Å². The predicted octanol–water partition coefficient (Wildman–Crippen LogP) is -0.000700. The number of amides is 2. The van der Waals surface area contributed by atoms with Gasteiger partial charge in [-0.2, -0.15) is 0 Å². The first-order chi connectivity index (χ1) is 11.2. The highest BCUT2D eigenvalue weighted by molar-refractivity contribution is 7.91. The number of hydrogen-bond acceptors (Lipinski definition) is 5. The minimum Gasteiger partial charge on any atom is -0.351 e. The number of hydrogen-bond donors (Lipinski definition) is 2. The maximum Gasteiger partial charge on any atom is 0.238 e.